The molecule has 27 heavy (non-hydrogen) atoms. The minimum Gasteiger partial charge on any atom is -0.309 e. The van der Waals surface area contributed by atoms with Crippen molar-refractivity contribution in [3.8, 4) is 10.4 Å². The Balaban J connectivity index is 1.26. The standard InChI is InChI=1S/C22H19N3OS/c26-22(23-21-13-18(24-25-21)15-9-10-15)11-14-5-7-16(8-6-14)20-12-17-3-1-2-4-19(17)27-20/h1-8,12-13,15H,9-11H2,(H2,23,24,25,26). The normalized spacial score (nSPS) is 13.8. The molecule has 0 saturated heterocycles. The second-order valence-corrected chi connectivity index (χ2v) is 8.14. The summed E-state index contributed by atoms with van der Waals surface area (Å²) >= 11 is 1.79. The Hall–Kier alpha value is -2.92. The molecule has 2 heterocycles. The number of benzene rings is 2. The number of amides is 1. The van der Waals surface area contributed by atoms with Gasteiger partial charge in [0.15, 0.2) is 5.82 Å². The van der Waals surface area contributed by atoms with Gasteiger partial charge in [0, 0.05) is 27.3 Å². The average molecular weight is 373 g/mol. The first kappa shape index (κ1) is 16.3. The fourth-order valence-corrected chi connectivity index (χ4v) is 4.36. The van der Waals surface area contributed by atoms with E-state index >= 15 is 0 Å². The predicted molar refractivity (Wildman–Crippen MR) is 110 cm³/mol. The van der Waals surface area contributed by atoms with Gasteiger partial charge in [-0.05, 0) is 41.5 Å². The molecule has 0 spiro atoms. The lowest BCUT2D eigenvalue weighted by Gasteiger charge is -2.03. The summed E-state index contributed by atoms with van der Waals surface area (Å²) in [6, 6.07) is 20.8. The number of hydrogen-bond acceptors (Lipinski definition) is 3. The Morgan fingerprint density at radius 2 is 1.93 bits per heavy atom. The molecular weight excluding hydrogens is 354 g/mol. The number of hydrogen-bond donors (Lipinski definition) is 2. The number of fused-ring (bicyclic) bond motifs is 1. The maximum Gasteiger partial charge on any atom is 0.229 e. The van der Waals surface area contributed by atoms with Crippen LogP contribution in [-0.2, 0) is 11.2 Å². The molecule has 4 aromatic rings. The van der Waals surface area contributed by atoms with Crippen molar-refractivity contribution in [2.45, 2.75) is 25.2 Å². The molecule has 2 aromatic carbocycles. The molecule has 134 valence electrons. The van der Waals surface area contributed by atoms with E-state index in [0.29, 0.717) is 18.2 Å². The molecule has 5 heteroatoms. The van der Waals surface area contributed by atoms with E-state index in [1.165, 1.54) is 33.4 Å². The minimum atomic E-state index is -0.0431. The summed E-state index contributed by atoms with van der Waals surface area (Å²) in [6.07, 6.45) is 2.77. The summed E-state index contributed by atoms with van der Waals surface area (Å²) in [5.74, 6) is 1.17. The quantitative estimate of drug-likeness (QED) is 0.495. The van der Waals surface area contributed by atoms with Crippen LogP contribution in [0.25, 0.3) is 20.5 Å². The van der Waals surface area contributed by atoms with Gasteiger partial charge < -0.3 is 5.32 Å². The number of aromatic amines is 1. The van der Waals surface area contributed by atoms with Crippen LogP contribution >= 0.6 is 11.3 Å². The second-order valence-electron chi connectivity index (χ2n) is 7.05. The molecule has 1 saturated carbocycles. The maximum absolute atomic E-state index is 12.3. The number of H-pyrrole nitrogens is 1. The van der Waals surface area contributed by atoms with Crippen molar-refractivity contribution in [3.05, 3.63) is 71.9 Å². The van der Waals surface area contributed by atoms with Gasteiger partial charge in [0.05, 0.1) is 6.42 Å². The molecular formula is C22H19N3OS. The molecule has 1 aliphatic carbocycles. The third-order valence-electron chi connectivity index (χ3n) is 4.91. The molecule has 1 fully saturated rings. The number of nitrogens with zero attached hydrogens (tertiary/aromatic N) is 1. The first-order chi connectivity index (χ1) is 13.2. The van der Waals surface area contributed by atoms with Gasteiger partial charge in [0.1, 0.15) is 0 Å². The zero-order valence-corrected chi connectivity index (χ0v) is 15.6. The van der Waals surface area contributed by atoms with Crippen molar-refractivity contribution in [2.75, 3.05) is 5.32 Å². The zero-order chi connectivity index (χ0) is 18.2. The minimum absolute atomic E-state index is 0.0431. The molecule has 5 rings (SSSR count). The summed E-state index contributed by atoms with van der Waals surface area (Å²) in [7, 11) is 0. The lowest BCUT2D eigenvalue weighted by Crippen LogP contribution is -2.14. The smallest absolute Gasteiger partial charge is 0.229 e. The lowest BCUT2D eigenvalue weighted by molar-refractivity contribution is -0.115. The van der Waals surface area contributed by atoms with Gasteiger partial charge in [-0.3, -0.25) is 9.89 Å². The molecule has 2 aromatic heterocycles. The highest BCUT2D eigenvalue weighted by Gasteiger charge is 2.25. The lowest BCUT2D eigenvalue weighted by atomic mass is 10.1. The zero-order valence-electron chi connectivity index (χ0n) is 14.7. The SMILES string of the molecule is O=C(Cc1ccc(-c2cc3ccccc3s2)cc1)Nc1cc(C2CC2)[nH]n1. The van der Waals surface area contributed by atoms with Gasteiger partial charge in [-0.25, -0.2) is 0 Å². The largest absolute Gasteiger partial charge is 0.309 e. The Kier molecular flexibility index (Phi) is 4.02. The number of anilines is 1. The summed E-state index contributed by atoms with van der Waals surface area (Å²) in [4.78, 5) is 13.5. The van der Waals surface area contributed by atoms with Gasteiger partial charge in [0.2, 0.25) is 5.91 Å². The summed E-state index contributed by atoms with van der Waals surface area (Å²) in [5, 5.41) is 11.3. The average Bonchev–Trinajstić information content (AvgIpc) is 3.27. The van der Waals surface area contributed by atoms with E-state index in [4.69, 9.17) is 0 Å². The van der Waals surface area contributed by atoms with Crippen LogP contribution in [0.1, 0.15) is 30.0 Å². The topological polar surface area (TPSA) is 57.8 Å². The van der Waals surface area contributed by atoms with Crippen molar-refractivity contribution in [3.63, 3.8) is 0 Å². The fourth-order valence-electron chi connectivity index (χ4n) is 3.29. The van der Waals surface area contributed by atoms with Crippen LogP contribution in [-0.4, -0.2) is 16.1 Å². The third-order valence-corrected chi connectivity index (χ3v) is 6.08. The summed E-state index contributed by atoms with van der Waals surface area (Å²) in [6.45, 7) is 0. The van der Waals surface area contributed by atoms with Crippen LogP contribution in [0.4, 0.5) is 5.82 Å². The maximum atomic E-state index is 12.3. The van der Waals surface area contributed by atoms with Gasteiger partial charge in [-0.2, -0.15) is 5.10 Å². The Bertz CT molecular complexity index is 1070. The Morgan fingerprint density at radius 3 is 2.70 bits per heavy atom. The van der Waals surface area contributed by atoms with Crippen LogP contribution in [0.2, 0.25) is 0 Å². The number of nitrogens with one attached hydrogen (secondary N) is 2. The van der Waals surface area contributed by atoms with Gasteiger partial charge in [-0.15, -0.1) is 11.3 Å². The highest BCUT2D eigenvalue weighted by atomic mass is 32.1. The molecule has 1 aliphatic rings. The van der Waals surface area contributed by atoms with E-state index in [2.05, 4.69) is 58.0 Å². The first-order valence-corrected chi connectivity index (χ1v) is 9.99. The van der Waals surface area contributed by atoms with Crippen LogP contribution in [0.3, 0.4) is 0 Å². The number of carbonyl (C=O) groups is 1. The molecule has 1 amide bonds. The van der Waals surface area contributed by atoms with Crippen molar-refractivity contribution < 1.29 is 4.79 Å². The number of carbonyl (C=O) groups excluding carboxylic acids is 1. The molecule has 0 bridgehead atoms. The fraction of sp³-hybridized carbons (Fsp3) is 0.182. The first-order valence-electron chi connectivity index (χ1n) is 9.18. The number of thiophene rings is 1. The Labute approximate surface area is 161 Å². The molecule has 0 unspecified atom stereocenters. The van der Waals surface area contributed by atoms with E-state index < -0.39 is 0 Å². The van der Waals surface area contributed by atoms with E-state index in [-0.39, 0.29) is 5.91 Å². The van der Waals surface area contributed by atoms with Crippen molar-refractivity contribution in [2.24, 2.45) is 0 Å². The molecule has 2 N–H and O–H groups in total. The monoisotopic (exact) mass is 373 g/mol. The van der Waals surface area contributed by atoms with Gasteiger partial charge >= 0.3 is 0 Å². The van der Waals surface area contributed by atoms with E-state index in [0.717, 1.165) is 11.3 Å². The van der Waals surface area contributed by atoms with Crippen LogP contribution < -0.4 is 5.32 Å². The Morgan fingerprint density at radius 1 is 1.11 bits per heavy atom. The molecule has 0 radical (unpaired) electrons. The number of rotatable bonds is 5. The summed E-state index contributed by atoms with van der Waals surface area (Å²) in [5.41, 5.74) is 3.30. The third kappa shape index (κ3) is 3.51. The van der Waals surface area contributed by atoms with Crippen molar-refractivity contribution >= 4 is 33.1 Å². The van der Waals surface area contributed by atoms with Crippen LogP contribution in [0.5, 0.6) is 0 Å². The van der Waals surface area contributed by atoms with Crippen molar-refractivity contribution in [1.82, 2.24) is 10.2 Å². The molecule has 4 nitrogen and oxygen atoms in total. The molecule has 0 aliphatic heterocycles. The van der Waals surface area contributed by atoms with E-state index in [9.17, 15) is 4.79 Å². The van der Waals surface area contributed by atoms with Gasteiger partial charge in [0.25, 0.3) is 0 Å². The van der Waals surface area contributed by atoms with E-state index in [1.54, 1.807) is 11.3 Å². The summed E-state index contributed by atoms with van der Waals surface area (Å²) < 4.78 is 1.29. The molecule has 0 atom stereocenters. The highest BCUT2D eigenvalue weighted by molar-refractivity contribution is 7.22. The van der Waals surface area contributed by atoms with Crippen LogP contribution in [0, 0.1) is 0 Å². The highest BCUT2D eigenvalue weighted by Crippen LogP contribution is 2.39. The predicted octanol–water partition coefficient (Wildman–Crippen LogP) is 5.35. The number of aromatic nitrogens is 2. The van der Waals surface area contributed by atoms with Crippen molar-refractivity contribution in [1.29, 1.82) is 0 Å². The van der Waals surface area contributed by atoms with Crippen LogP contribution in [0.15, 0.2) is 60.7 Å². The van der Waals surface area contributed by atoms with Gasteiger partial charge in [-0.1, -0.05) is 42.5 Å². The second kappa shape index (κ2) is 6.67. The van der Waals surface area contributed by atoms with E-state index in [1.807, 2.05) is 18.2 Å².